The zero-order valence-electron chi connectivity index (χ0n) is 13.3. The van der Waals surface area contributed by atoms with E-state index >= 15 is 0 Å². The lowest BCUT2D eigenvalue weighted by atomic mass is 10.2. The number of hydrogen-bond donors (Lipinski definition) is 0. The zero-order chi connectivity index (χ0) is 17.5. The van der Waals surface area contributed by atoms with Crippen molar-refractivity contribution in [3.05, 3.63) is 58.6 Å². The molecule has 5 nitrogen and oxygen atoms in total. The van der Waals surface area contributed by atoms with Crippen LogP contribution in [0.4, 0.5) is 0 Å². The predicted octanol–water partition coefficient (Wildman–Crippen LogP) is 4.00. The molecule has 0 amide bonds. The average molecular weight is 393 g/mol. The maximum atomic E-state index is 11.8. The van der Waals surface area contributed by atoms with Gasteiger partial charge in [0, 0.05) is 4.47 Å². The van der Waals surface area contributed by atoms with E-state index in [-0.39, 0.29) is 18.5 Å². The molecule has 0 aliphatic heterocycles. The van der Waals surface area contributed by atoms with E-state index in [2.05, 4.69) is 15.9 Å². The van der Waals surface area contributed by atoms with Gasteiger partial charge in [-0.05, 0) is 56.3 Å². The summed E-state index contributed by atoms with van der Waals surface area (Å²) in [7, 11) is 0. The molecule has 126 valence electrons. The Labute approximate surface area is 148 Å². The molecular formula is C18H17BrO5. The molecule has 0 bridgehead atoms. The highest BCUT2D eigenvalue weighted by Gasteiger charge is 2.12. The standard InChI is InChI=1S/C18H17BrO5/c1-12(2)23-18(21)13-4-3-5-16(10-13)24-17(20)11-22-15-8-6-14(19)7-9-15/h3-10,12H,11H2,1-2H3. The van der Waals surface area contributed by atoms with Gasteiger partial charge < -0.3 is 14.2 Å². The highest BCUT2D eigenvalue weighted by molar-refractivity contribution is 9.10. The van der Waals surface area contributed by atoms with Crippen molar-refractivity contribution in [1.29, 1.82) is 0 Å². The van der Waals surface area contributed by atoms with Gasteiger partial charge in [-0.25, -0.2) is 9.59 Å². The number of halogens is 1. The molecule has 24 heavy (non-hydrogen) atoms. The van der Waals surface area contributed by atoms with Crippen LogP contribution < -0.4 is 9.47 Å². The smallest absolute Gasteiger partial charge is 0.349 e. The fourth-order valence-electron chi connectivity index (χ4n) is 1.80. The number of benzene rings is 2. The van der Waals surface area contributed by atoms with Crippen LogP contribution in [0, 0.1) is 0 Å². The van der Waals surface area contributed by atoms with E-state index in [9.17, 15) is 9.59 Å². The first-order valence-corrected chi connectivity index (χ1v) is 8.13. The van der Waals surface area contributed by atoms with E-state index in [0.717, 1.165) is 4.47 Å². The molecule has 2 aromatic rings. The van der Waals surface area contributed by atoms with Gasteiger partial charge in [0.1, 0.15) is 11.5 Å². The lowest BCUT2D eigenvalue weighted by Crippen LogP contribution is -2.18. The Kier molecular flexibility index (Phi) is 6.37. The Bertz CT molecular complexity index is 710. The third-order valence-corrected chi connectivity index (χ3v) is 3.34. The largest absolute Gasteiger partial charge is 0.482 e. The lowest BCUT2D eigenvalue weighted by Gasteiger charge is -2.10. The second kappa shape index (κ2) is 8.49. The van der Waals surface area contributed by atoms with E-state index in [0.29, 0.717) is 11.3 Å². The van der Waals surface area contributed by atoms with Crippen LogP contribution in [0.15, 0.2) is 53.0 Å². The molecule has 0 heterocycles. The SMILES string of the molecule is CC(C)OC(=O)c1cccc(OC(=O)COc2ccc(Br)cc2)c1. The maximum Gasteiger partial charge on any atom is 0.349 e. The van der Waals surface area contributed by atoms with Gasteiger partial charge in [0.2, 0.25) is 0 Å². The van der Waals surface area contributed by atoms with E-state index < -0.39 is 11.9 Å². The third-order valence-electron chi connectivity index (χ3n) is 2.81. The summed E-state index contributed by atoms with van der Waals surface area (Å²) in [5, 5.41) is 0. The van der Waals surface area contributed by atoms with Crippen molar-refractivity contribution in [3.63, 3.8) is 0 Å². The van der Waals surface area contributed by atoms with E-state index in [1.807, 2.05) is 12.1 Å². The number of hydrogen-bond acceptors (Lipinski definition) is 5. The molecule has 0 saturated carbocycles. The molecule has 0 radical (unpaired) electrons. The predicted molar refractivity (Wildman–Crippen MR) is 92.3 cm³/mol. The van der Waals surface area contributed by atoms with Gasteiger partial charge in [0.15, 0.2) is 6.61 Å². The molecule has 0 aliphatic rings. The van der Waals surface area contributed by atoms with Crippen molar-refractivity contribution in [3.8, 4) is 11.5 Å². The van der Waals surface area contributed by atoms with Crippen LogP contribution in [0.5, 0.6) is 11.5 Å². The van der Waals surface area contributed by atoms with E-state index in [1.54, 1.807) is 44.2 Å². The summed E-state index contributed by atoms with van der Waals surface area (Å²) in [6, 6.07) is 13.4. The Morgan fingerprint density at radius 2 is 1.75 bits per heavy atom. The minimum atomic E-state index is -0.563. The van der Waals surface area contributed by atoms with E-state index in [1.165, 1.54) is 6.07 Å². The van der Waals surface area contributed by atoms with Crippen LogP contribution in [-0.4, -0.2) is 24.6 Å². The highest BCUT2D eigenvalue weighted by Crippen LogP contribution is 2.17. The van der Waals surface area contributed by atoms with E-state index in [4.69, 9.17) is 14.2 Å². The van der Waals surface area contributed by atoms with Gasteiger partial charge in [0.25, 0.3) is 0 Å². The first-order chi connectivity index (χ1) is 11.4. The number of ether oxygens (including phenoxy) is 3. The van der Waals surface area contributed by atoms with Crippen LogP contribution in [-0.2, 0) is 9.53 Å². The van der Waals surface area contributed by atoms with Crippen molar-refractivity contribution in [1.82, 2.24) is 0 Å². The molecule has 0 N–H and O–H groups in total. The Hall–Kier alpha value is -2.34. The van der Waals surface area contributed by atoms with Gasteiger partial charge in [-0.15, -0.1) is 0 Å². The second-order valence-corrected chi connectivity index (χ2v) is 6.11. The summed E-state index contributed by atoms with van der Waals surface area (Å²) in [5.41, 5.74) is 0.322. The zero-order valence-corrected chi connectivity index (χ0v) is 14.9. The fourth-order valence-corrected chi connectivity index (χ4v) is 2.07. The van der Waals surface area contributed by atoms with Gasteiger partial charge >= 0.3 is 11.9 Å². The molecule has 0 atom stereocenters. The van der Waals surface area contributed by atoms with Crippen molar-refractivity contribution in [2.45, 2.75) is 20.0 Å². The molecule has 2 aromatic carbocycles. The molecular weight excluding hydrogens is 376 g/mol. The molecule has 0 unspecified atom stereocenters. The minimum Gasteiger partial charge on any atom is -0.482 e. The summed E-state index contributed by atoms with van der Waals surface area (Å²) in [4.78, 5) is 23.7. The third kappa shape index (κ3) is 5.70. The minimum absolute atomic E-state index is 0.219. The van der Waals surface area contributed by atoms with Crippen LogP contribution in [0.1, 0.15) is 24.2 Å². The first kappa shape index (κ1) is 18.0. The quantitative estimate of drug-likeness (QED) is 0.549. The summed E-state index contributed by atoms with van der Waals surface area (Å²) < 4.78 is 16.5. The normalized spacial score (nSPS) is 10.3. The van der Waals surface area contributed by atoms with Crippen molar-refractivity contribution in [2.75, 3.05) is 6.61 Å². The van der Waals surface area contributed by atoms with Gasteiger partial charge in [-0.3, -0.25) is 0 Å². The first-order valence-electron chi connectivity index (χ1n) is 7.34. The summed E-state index contributed by atoms with van der Waals surface area (Å²) in [6.45, 7) is 3.30. The van der Waals surface area contributed by atoms with Crippen LogP contribution in [0.25, 0.3) is 0 Å². The molecule has 2 rings (SSSR count). The van der Waals surface area contributed by atoms with Crippen molar-refractivity contribution in [2.24, 2.45) is 0 Å². The van der Waals surface area contributed by atoms with Crippen LogP contribution in [0.3, 0.4) is 0 Å². The maximum absolute atomic E-state index is 11.8. The topological polar surface area (TPSA) is 61.8 Å². The Balaban J connectivity index is 1.91. The number of carbonyl (C=O) groups is 2. The number of rotatable bonds is 6. The van der Waals surface area contributed by atoms with Gasteiger partial charge in [-0.2, -0.15) is 0 Å². The number of carbonyl (C=O) groups excluding carboxylic acids is 2. The Morgan fingerprint density at radius 1 is 1.04 bits per heavy atom. The molecule has 0 spiro atoms. The second-order valence-electron chi connectivity index (χ2n) is 5.20. The molecule has 0 fully saturated rings. The van der Waals surface area contributed by atoms with Gasteiger partial charge in [-0.1, -0.05) is 22.0 Å². The van der Waals surface area contributed by atoms with Crippen molar-refractivity contribution >= 4 is 27.9 Å². The Morgan fingerprint density at radius 3 is 2.42 bits per heavy atom. The average Bonchev–Trinajstić information content (AvgIpc) is 2.54. The molecule has 0 aliphatic carbocycles. The number of esters is 2. The fraction of sp³-hybridized carbons (Fsp3) is 0.222. The van der Waals surface area contributed by atoms with Crippen molar-refractivity contribution < 1.29 is 23.8 Å². The molecule has 0 aromatic heterocycles. The molecule has 6 heteroatoms. The monoisotopic (exact) mass is 392 g/mol. The molecule has 0 saturated heterocycles. The summed E-state index contributed by atoms with van der Waals surface area (Å²) in [6.07, 6.45) is -0.219. The highest BCUT2D eigenvalue weighted by atomic mass is 79.9. The lowest BCUT2D eigenvalue weighted by molar-refractivity contribution is -0.136. The van der Waals surface area contributed by atoms with Crippen LogP contribution in [0.2, 0.25) is 0 Å². The van der Waals surface area contributed by atoms with Gasteiger partial charge in [0.05, 0.1) is 11.7 Å². The summed E-state index contributed by atoms with van der Waals surface area (Å²) in [5.74, 6) is -0.205. The summed E-state index contributed by atoms with van der Waals surface area (Å²) >= 11 is 3.32. The van der Waals surface area contributed by atoms with Crippen LogP contribution >= 0.6 is 15.9 Å².